The van der Waals surface area contributed by atoms with E-state index in [-0.39, 0.29) is 17.4 Å². The minimum absolute atomic E-state index is 0.0155. The zero-order valence-corrected chi connectivity index (χ0v) is 22.2. The van der Waals surface area contributed by atoms with E-state index in [1.54, 1.807) is 10.6 Å². The van der Waals surface area contributed by atoms with Gasteiger partial charge in [0.05, 0.1) is 16.8 Å². The number of rotatable bonds is 4. The maximum absolute atomic E-state index is 13.7. The molecular weight excluding hydrogens is 440 g/mol. The predicted octanol–water partition coefficient (Wildman–Crippen LogP) is 5.95. The SMILES string of the molecule is CC(C)c1cc(-c2nn(C(C)(C)C)c(=O)n2-c2ccc3c(ccn3C)c2)c(O)cc1OC(C)(C)C. The van der Waals surface area contributed by atoms with Crippen LogP contribution in [-0.4, -0.2) is 29.6 Å². The zero-order chi connectivity index (χ0) is 25.9. The Kier molecular flexibility index (Phi) is 5.86. The maximum Gasteiger partial charge on any atom is 0.351 e. The first kappa shape index (κ1) is 24.6. The second-order valence-corrected chi connectivity index (χ2v) is 11.5. The number of ether oxygens (including phenoxy) is 1. The van der Waals surface area contributed by atoms with Crippen molar-refractivity contribution in [2.45, 2.75) is 72.4 Å². The average Bonchev–Trinajstić information content (AvgIpc) is 3.26. The van der Waals surface area contributed by atoms with Crippen LogP contribution in [0.25, 0.3) is 28.0 Å². The number of nitrogens with zero attached hydrogens (tertiary/aromatic N) is 4. The lowest BCUT2D eigenvalue weighted by atomic mass is 9.98. The number of aromatic nitrogens is 4. The summed E-state index contributed by atoms with van der Waals surface area (Å²) in [7, 11) is 1.99. The van der Waals surface area contributed by atoms with E-state index in [0.717, 1.165) is 16.5 Å². The van der Waals surface area contributed by atoms with Gasteiger partial charge >= 0.3 is 5.69 Å². The maximum atomic E-state index is 13.7. The molecule has 1 N–H and O–H groups in total. The molecule has 0 spiro atoms. The third kappa shape index (κ3) is 4.59. The van der Waals surface area contributed by atoms with Crippen molar-refractivity contribution in [3.8, 4) is 28.6 Å². The van der Waals surface area contributed by atoms with Crippen LogP contribution in [0.3, 0.4) is 0 Å². The highest BCUT2D eigenvalue weighted by molar-refractivity contribution is 5.82. The van der Waals surface area contributed by atoms with Gasteiger partial charge in [0.1, 0.15) is 17.1 Å². The second kappa shape index (κ2) is 8.33. The van der Waals surface area contributed by atoms with Crippen LogP contribution >= 0.6 is 0 Å². The van der Waals surface area contributed by atoms with E-state index < -0.39 is 11.1 Å². The summed E-state index contributed by atoms with van der Waals surface area (Å²) in [5.41, 5.74) is 1.97. The highest BCUT2D eigenvalue weighted by atomic mass is 16.5. The molecule has 0 aliphatic rings. The van der Waals surface area contributed by atoms with E-state index >= 15 is 0 Å². The molecule has 0 saturated heterocycles. The van der Waals surface area contributed by atoms with E-state index in [1.165, 1.54) is 4.68 Å². The first-order valence-corrected chi connectivity index (χ1v) is 12.0. The largest absolute Gasteiger partial charge is 0.507 e. The summed E-state index contributed by atoms with van der Waals surface area (Å²) in [4.78, 5) is 13.7. The highest BCUT2D eigenvalue weighted by Crippen LogP contribution is 2.39. The molecule has 4 aromatic rings. The van der Waals surface area contributed by atoms with Crippen LogP contribution in [0.2, 0.25) is 0 Å². The first-order valence-electron chi connectivity index (χ1n) is 12.0. The fraction of sp³-hybridized carbons (Fsp3) is 0.429. The minimum Gasteiger partial charge on any atom is -0.507 e. The van der Waals surface area contributed by atoms with Crippen LogP contribution in [0.15, 0.2) is 47.4 Å². The summed E-state index contributed by atoms with van der Waals surface area (Å²) in [5, 5.41) is 16.9. The topological polar surface area (TPSA) is 74.2 Å². The lowest BCUT2D eigenvalue weighted by Crippen LogP contribution is -2.35. The van der Waals surface area contributed by atoms with Crippen molar-refractivity contribution in [1.82, 2.24) is 18.9 Å². The van der Waals surface area contributed by atoms with Gasteiger partial charge in [0, 0.05) is 30.2 Å². The fourth-order valence-electron chi connectivity index (χ4n) is 4.25. The number of aromatic hydroxyl groups is 1. The van der Waals surface area contributed by atoms with E-state index in [0.29, 0.717) is 22.8 Å². The highest BCUT2D eigenvalue weighted by Gasteiger charge is 2.27. The number of hydrogen-bond acceptors (Lipinski definition) is 4. The Morgan fingerprint density at radius 3 is 2.29 bits per heavy atom. The Morgan fingerprint density at radius 1 is 1.00 bits per heavy atom. The number of hydrogen-bond donors (Lipinski definition) is 1. The summed E-state index contributed by atoms with van der Waals surface area (Å²) in [6.45, 7) is 15.9. The van der Waals surface area contributed by atoms with Crippen LogP contribution in [0.4, 0.5) is 0 Å². The normalized spacial score (nSPS) is 12.6. The van der Waals surface area contributed by atoms with Gasteiger partial charge in [0.2, 0.25) is 0 Å². The standard InChI is InChI=1S/C28H36N4O3/c1-17(2)20-15-21(23(33)16-24(20)35-28(6,7)8)25-29-32(27(3,4)5)26(34)31(25)19-10-11-22-18(14-19)12-13-30(22)9/h10-17,33H,1-9H3. The quantitative estimate of drug-likeness (QED) is 0.395. The molecule has 0 amide bonds. The molecule has 0 aliphatic heterocycles. The van der Waals surface area contributed by atoms with E-state index in [9.17, 15) is 9.90 Å². The number of phenols is 1. The Hall–Kier alpha value is -3.48. The van der Waals surface area contributed by atoms with Crippen molar-refractivity contribution in [2.24, 2.45) is 7.05 Å². The Balaban J connectivity index is 2.01. The molecule has 0 atom stereocenters. The monoisotopic (exact) mass is 476 g/mol. The fourth-order valence-corrected chi connectivity index (χ4v) is 4.25. The summed E-state index contributed by atoms with van der Waals surface area (Å²) in [6, 6.07) is 11.4. The van der Waals surface area contributed by atoms with Gasteiger partial charge < -0.3 is 14.4 Å². The van der Waals surface area contributed by atoms with Crippen molar-refractivity contribution >= 4 is 10.9 Å². The minimum atomic E-state index is -0.542. The number of fused-ring (bicyclic) bond motifs is 1. The van der Waals surface area contributed by atoms with Crippen molar-refractivity contribution < 1.29 is 9.84 Å². The van der Waals surface area contributed by atoms with Gasteiger partial charge in [-0.1, -0.05) is 13.8 Å². The summed E-state index contributed by atoms with van der Waals surface area (Å²) >= 11 is 0. The average molecular weight is 477 g/mol. The molecule has 186 valence electrons. The molecule has 0 bridgehead atoms. The second-order valence-electron chi connectivity index (χ2n) is 11.5. The van der Waals surface area contributed by atoms with Gasteiger partial charge in [-0.15, -0.1) is 5.10 Å². The third-order valence-electron chi connectivity index (χ3n) is 5.95. The van der Waals surface area contributed by atoms with Gasteiger partial charge in [-0.05, 0) is 83.4 Å². The van der Waals surface area contributed by atoms with Gasteiger partial charge in [0.25, 0.3) is 0 Å². The van der Waals surface area contributed by atoms with E-state index in [1.807, 2.05) is 89.7 Å². The molecule has 2 aromatic heterocycles. The number of phenolic OH excluding ortho intramolecular Hbond substituents is 1. The van der Waals surface area contributed by atoms with E-state index in [4.69, 9.17) is 9.84 Å². The van der Waals surface area contributed by atoms with Crippen LogP contribution in [0.5, 0.6) is 11.5 Å². The molecular formula is C28H36N4O3. The lowest BCUT2D eigenvalue weighted by molar-refractivity contribution is 0.128. The number of aryl methyl sites for hydroxylation is 1. The van der Waals surface area contributed by atoms with Gasteiger partial charge in [-0.3, -0.25) is 0 Å². The Bertz CT molecular complexity index is 1460. The molecule has 0 fully saturated rings. The molecule has 7 nitrogen and oxygen atoms in total. The van der Waals surface area contributed by atoms with Crippen LogP contribution < -0.4 is 10.4 Å². The Morgan fingerprint density at radius 2 is 1.69 bits per heavy atom. The van der Waals surface area contributed by atoms with Crippen molar-refractivity contribution in [3.05, 3.63) is 58.6 Å². The van der Waals surface area contributed by atoms with Crippen LogP contribution in [0.1, 0.15) is 66.9 Å². The van der Waals surface area contributed by atoms with Gasteiger partial charge in [0.15, 0.2) is 5.82 Å². The van der Waals surface area contributed by atoms with Crippen LogP contribution in [0, 0.1) is 0 Å². The molecule has 0 unspecified atom stereocenters. The van der Waals surface area contributed by atoms with Gasteiger partial charge in [-0.2, -0.15) is 0 Å². The summed E-state index contributed by atoms with van der Waals surface area (Å²) in [6.07, 6.45) is 1.99. The molecule has 2 heterocycles. The molecule has 0 radical (unpaired) electrons. The molecule has 0 saturated carbocycles. The van der Waals surface area contributed by atoms with Gasteiger partial charge in [-0.25, -0.2) is 14.0 Å². The Labute approximate surface area is 206 Å². The zero-order valence-electron chi connectivity index (χ0n) is 22.2. The summed E-state index contributed by atoms with van der Waals surface area (Å²) < 4.78 is 11.3. The molecule has 7 heteroatoms. The molecule has 4 rings (SSSR count). The number of benzene rings is 2. The van der Waals surface area contributed by atoms with E-state index in [2.05, 4.69) is 13.8 Å². The molecule has 2 aromatic carbocycles. The van der Waals surface area contributed by atoms with Crippen molar-refractivity contribution in [1.29, 1.82) is 0 Å². The predicted molar refractivity (Wildman–Crippen MR) is 141 cm³/mol. The molecule has 35 heavy (non-hydrogen) atoms. The molecule has 0 aliphatic carbocycles. The third-order valence-corrected chi connectivity index (χ3v) is 5.95. The van der Waals surface area contributed by atoms with Crippen molar-refractivity contribution in [3.63, 3.8) is 0 Å². The first-order chi connectivity index (χ1) is 16.2. The lowest BCUT2D eigenvalue weighted by Gasteiger charge is -2.25. The van der Waals surface area contributed by atoms with Crippen molar-refractivity contribution in [2.75, 3.05) is 0 Å². The summed E-state index contributed by atoms with van der Waals surface area (Å²) in [5.74, 6) is 1.17. The smallest absolute Gasteiger partial charge is 0.351 e. The van der Waals surface area contributed by atoms with Crippen LogP contribution in [-0.2, 0) is 12.6 Å².